The number of Topliss-reactive ketones (excluding diaryl/α,β-unsaturated/α-hetero) is 1. The molecule has 0 heterocycles. The molecular formula is C20H24O2. The summed E-state index contributed by atoms with van der Waals surface area (Å²) in [6, 6.07) is 17.3. The summed E-state index contributed by atoms with van der Waals surface area (Å²) in [6.07, 6.45) is 3.62. The molecule has 116 valence electrons. The van der Waals surface area contributed by atoms with Gasteiger partial charge in [-0.1, -0.05) is 67.8 Å². The van der Waals surface area contributed by atoms with Crippen molar-refractivity contribution in [3.63, 3.8) is 0 Å². The molecule has 0 aromatic heterocycles. The van der Waals surface area contributed by atoms with Gasteiger partial charge < -0.3 is 4.74 Å². The van der Waals surface area contributed by atoms with Gasteiger partial charge in [0.1, 0.15) is 5.75 Å². The first-order valence-electron chi connectivity index (χ1n) is 8.03. The SMILES string of the molecule is CCCCCC(Oc1ccccc1)C(=O)c1ccc(C)cc1. The van der Waals surface area contributed by atoms with Crippen LogP contribution in [0.25, 0.3) is 0 Å². The highest BCUT2D eigenvalue weighted by molar-refractivity contribution is 5.99. The van der Waals surface area contributed by atoms with E-state index in [-0.39, 0.29) is 5.78 Å². The van der Waals surface area contributed by atoms with Crippen LogP contribution in [0.15, 0.2) is 54.6 Å². The number of benzene rings is 2. The van der Waals surface area contributed by atoms with E-state index in [0.29, 0.717) is 0 Å². The Bertz CT molecular complexity index is 572. The molecule has 0 aliphatic carbocycles. The van der Waals surface area contributed by atoms with Crippen molar-refractivity contribution in [2.24, 2.45) is 0 Å². The third kappa shape index (κ3) is 4.73. The second-order valence-corrected chi connectivity index (χ2v) is 5.65. The van der Waals surface area contributed by atoms with E-state index in [1.54, 1.807) is 0 Å². The minimum atomic E-state index is -0.406. The van der Waals surface area contributed by atoms with Gasteiger partial charge in [-0.25, -0.2) is 0 Å². The second-order valence-electron chi connectivity index (χ2n) is 5.65. The Kier molecular flexibility index (Phi) is 6.20. The minimum Gasteiger partial charge on any atom is -0.482 e. The number of carbonyl (C=O) groups is 1. The first-order chi connectivity index (χ1) is 10.7. The molecule has 0 N–H and O–H groups in total. The van der Waals surface area contributed by atoms with Crippen molar-refractivity contribution in [2.75, 3.05) is 0 Å². The van der Waals surface area contributed by atoms with E-state index in [2.05, 4.69) is 6.92 Å². The van der Waals surface area contributed by atoms with Crippen LogP contribution in [0.4, 0.5) is 0 Å². The van der Waals surface area contributed by atoms with Gasteiger partial charge in [-0.3, -0.25) is 4.79 Å². The molecule has 0 amide bonds. The molecule has 22 heavy (non-hydrogen) atoms. The standard InChI is InChI=1S/C20H24O2/c1-3-4-6-11-19(22-18-9-7-5-8-10-18)20(21)17-14-12-16(2)13-15-17/h5,7-10,12-15,19H,3-4,6,11H2,1-2H3. The highest BCUT2D eigenvalue weighted by Gasteiger charge is 2.21. The van der Waals surface area contributed by atoms with Gasteiger partial charge >= 0.3 is 0 Å². The van der Waals surface area contributed by atoms with Crippen molar-refractivity contribution >= 4 is 5.78 Å². The maximum Gasteiger partial charge on any atom is 0.203 e. The van der Waals surface area contributed by atoms with Crippen molar-refractivity contribution in [3.05, 3.63) is 65.7 Å². The highest BCUT2D eigenvalue weighted by atomic mass is 16.5. The number of hydrogen-bond acceptors (Lipinski definition) is 2. The van der Waals surface area contributed by atoms with E-state index in [1.807, 2.05) is 61.5 Å². The first-order valence-corrected chi connectivity index (χ1v) is 8.03. The molecular weight excluding hydrogens is 272 g/mol. The Morgan fingerprint density at radius 1 is 1.00 bits per heavy atom. The zero-order valence-electron chi connectivity index (χ0n) is 13.4. The van der Waals surface area contributed by atoms with E-state index < -0.39 is 6.10 Å². The molecule has 1 atom stereocenters. The van der Waals surface area contributed by atoms with Gasteiger partial charge in [-0.2, -0.15) is 0 Å². The van der Waals surface area contributed by atoms with E-state index in [0.717, 1.165) is 42.6 Å². The first kappa shape index (κ1) is 16.3. The summed E-state index contributed by atoms with van der Waals surface area (Å²) in [4.78, 5) is 12.7. The monoisotopic (exact) mass is 296 g/mol. The van der Waals surface area contributed by atoms with Crippen LogP contribution in [-0.2, 0) is 0 Å². The zero-order valence-corrected chi connectivity index (χ0v) is 13.4. The largest absolute Gasteiger partial charge is 0.482 e. The summed E-state index contributed by atoms with van der Waals surface area (Å²) in [7, 11) is 0. The van der Waals surface area contributed by atoms with Gasteiger partial charge in [-0.05, 0) is 31.9 Å². The molecule has 0 saturated carbocycles. The number of para-hydroxylation sites is 1. The number of unbranched alkanes of at least 4 members (excludes halogenated alkanes) is 2. The van der Waals surface area contributed by atoms with Crippen molar-refractivity contribution in [1.29, 1.82) is 0 Å². The van der Waals surface area contributed by atoms with Crippen LogP contribution in [0.1, 0.15) is 48.5 Å². The Hall–Kier alpha value is -2.09. The van der Waals surface area contributed by atoms with Gasteiger partial charge in [0.15, 0.2) is 6.10 Å². The molecule has 2 rings (SSSR count). The number of hydrogen-bond donors (Lipinski definition) is 0. The molecule has 2 nitrogen and oxygen atoms in total. The Balaban J connectivity index is 2.12. The zero-order chi connectivity index (χ0) is 15.8. The lowest BCUT2D eigenvalue weighted by Gasteiger charge is -2.18. The topological polar surface area (TPSA) is 26.3 Å². The normalized spacial score (nSPS) is 11.9. The van der Waals surface area contributed by atoms with Crippen LogP contribution in [0.5, 0.6) is 5.75 Å². The molecule has 0 spiro atoms. The maximum atomic E-state index is 12.7. The minimum absolute atomic E-state index is 0.0694. The van der Waals surface area contributed by atoms with Crippen LogP contribution in [-0.4, -0.2) is 11.9 Å². The predicted octanol–water partition coefficient (Wildman–Crippen LogP) is 5.21. The summed E-state index contributed by atoms with van der Waals surface area (Å²) in [5, 5.41) is 0. The molecule has 0 aliphatic rings. The summed E-state index contributed by atoms with van der Waals surface area (Å²) in [5.74, 6) is 0.824. The van der Waals surface area contributed by atoms with Gasteiger partial charge in [-0.15, -0.1) is 0 Å². The third-order valence-electron chi connectivity index (χ3n) is 3.72. The fourth-order valence-corrected chi connectivity index (χ4v) is 2.39. The fraction of sp³-hybridized carbons (Fsp3) is 0.350. The quantitative estimate of drug-likeness (QED) is 0.494. The van der Waals surface area contributed by atoms with Gasteiger partial charge in [0, 0.05) is 5.56 Å². The highest BCUT2D eigenvalue weighted by Crippen LogP contribution is 2.18. The average molecular weight is 296 g/mol. The van der Waals surface area contributed by atoms with Crippen LogP contribution >= 0.6 is 0 Å². The molecule has 2 heteroatoms. The molecule has 0 aliphatic heterocycles. The molecule has 0 fully saturated rings. The number of ketones is 1. The van der Waals surface area contributed by atoms with Crippen molar-refractivity contribution in [2.45, 2.75) is 45.6 Å². The van der Waals surface area contributed by atoms with Crippen molar-refractivity contribution < 1.29 is 9.53 Å². The van der Waals surface area contributed by atoms with Crippen molar-refractivity contribution in [1.82, 2.24) is 0 Å². The van der Waals surface area contributed by atoms with Gasteiger partial charge in [0.25, 0.3) is 0 Å². The Morgan fingerprint density at radius 3 is 2.32 bits per heavy atom. The number of carbonyl (C=O) groups excluding carboxylic acids is 1. The lowest BCUT2D eigenvalue weighted by molar-refractivity contribution is 0.0774. The summed E-state index contributed by atoms with van der Waals surface area (Å²) in [5.41, 5.74) is 1.88. The fourth-order valence-electron chi connectivity index (χ4n) is 2.39. The average Bonchev–Trinajstić information content (AvgIpc) is 2.55. The van der Waals surface area contributed by atoms with Gasteiger partial charge in [0.05, 0.1) is 0 Å². The Labute approximate surface area is 133 Å². The van der Waals surface area contributed by atoms with Gasteiger partial charge in [0.2, 0.25) is 5.78 Å². The number of ether oxygens (including phenoxy) is 1. The second kappa shape index (κ2) is 8.38. The Morgan fingerprint density at radius 2 is 1.68 bits per heavy atom. The van der Waals surface area contributed by atoms with Crippen LogP contribution in [0.3, 0.4) is 0 Å². The van der Waals surface area contributed by atoms with Crippen LogP contribution < -0.4 is 4.74 Å². The van der Waals surface area contributed by atoms with Crippen LogP contribution in [0, 0.1) is 6.92 Å². The summed E-state index contributed by atoms with van der Waals surface area (Å²) >= 11 is 0. The summed E-state index contributed by atoms with van der Waals surface area (Å²) in [6.45, 7) is 4.18. The number of aryl methyl sites for hydroxylation is 1. The van der Waals surface area contributed by atoms with E-state index in [9.17, 15) is 4.79 Å². The molecule has 0 bridgehead atoms. The lowest BCUT2D eigenvalue weighted by Crippen LogP contribution is -2.27. The molecule has 0 radical (unpaired) electrons. The smallest absolute Gasteiger partial charge is 0.203 e. The maximum absolute atomic E-state index is 12.7. The van der Waals surface area contributed by atoms with Crippen molar-refractivity contribution in [3.8, 4) is 5.75 Å². The van der Waals surface area contributed by atoms with E-state index in [4.69, 9.17) is 4.74 Å². The predicted molar refractivity (Wildman–Crippen MR) is 90.5 cm³/mol. The van der Waals surface area contributed by atoms with Crippen LogP contribution in [0.2, 0.25) is 0 Å². The third-order valence-corrected chi connectivity index (χ3v) is 3.72. The molecule has 1 unspecified atom stereocenters. The van der Waals surface area contributed by atoms with E-state index in [1.165, 1.54) is 0 Å². The van der Waals surface area contributed by atoms with E-state index >= 15 is 0 Å². The molecule has 0 saturated heterocycles. The lowest BCUT2D eigenvalue weighted by atomic mass is 10.0. The number of rotatable bonds is 8. The summed E-state index contributed by atoms with van der Waals surface area (Å²) < 4.78 is 5.96. The molecule has 2 aromatic carbocycles. The molecule has 2 aromatic rings.